The van der Waals surface area contributed by atoms with Gasteiger partial charge in [-0.15, -0.1) is 11.3 Å². The van der Waals surface area contributed by atoms with Crippen molar-refractivity contribution in [2.45, 2.75) is 26.3 Å². The van der Waals surface area contributed by atoms with E-state index in [1.165, 1.54) is 33.1 Å². The Morgan fingerprint density at radius 3 is 3.12 bits per heavy atom. The second-order valence-corrected chi connectivity index (χ2v) is 5.56. The van der Waals surface area contributed by atoms with Crippen LogP contribution in [0.1, 0.15) is 28.8 Å². The smallest absolute Gasteiger partial charge is 0.107 e. The van der Waals surface area contributed by atoms with Gasteiger partial charge in [-0.1, -0.05) is 31.2 Å². The van der Waals surface area contributed by atoms with Crippen LogP contribution in [0.15, 0.2) is 24.3 Å². The molecular formula is C14H16N2S. The van der Waals surface area contributed by atoms with E-state index < -0.39 is 0 Å². The summed E-state index contributed by atoms with van der Waals surface area (Å²) in [5.74, 6) is 0. The summed E-state index contributed by atoms with van der Waals surface area (Å²) in [4.78, 5) is 6.19. The normalized spacial score (nSPS) is 12.5. The average molecular weight is 244 g/mol. The predicted molar refractivity (Wildman–Crippen MR) is 72.4 cm³/mol. The van der Waals surface area contributed by atoms with E-state index in [1.807, 2.05) is 11.3 Å². The quantitative estimate of drug-likeness (QED) is 0.713. The summed E-state index contributed by atoms with van der Waals surface area (Å²) in [5.41, 5.74) is 3.98. The molecule has 1 aromatic heterocycles. The van der Waals surface area contributed by atoms with Crippen LogP contribution in [0.5, 0.6) is 0 Å². The highest BCUT2D eigenvalue weighted by molar-refractivity contribution is 7.12. The molecule has 0 bridgehead atoms. The molecule has 2 nitrogen and oxygen atoms in total. The Labute approximate surface area is 106 Å². The van der Waals surface area contributed by atoms with Gasteiger partial charge in [-0.3, -0.25) is 0 Å². The molecule has 1 aliphatic carbocycles. The van der Waals surface area contributed by atoms with E-state index in [9.17, 15) is 0 Å². The van der Waals surface area contributed by atoms with Crippen LogP contribution in [0, 0.1) is 0 Å². The van der Waals surface area contributed by atoms with Crippen molar-refractivity contribution < 1.29 is 0 Å². The largest absolute Gasteiger partial charge is 0.310 e. The molecule has 3 heteroatoms. The number of benzene rings is 1. The molecule has 1 aromatic carbocycles. The molecule has 0 fully saturated rings. The van der Waals surface area contributed by atoms with Gasteiger partial charge in [0.25, 0.3) is 0 Å². The monoisotopic (exact) mass is 244 g/mol. The first-order chi connectivity index (χ1) is 8.38. The van der Waals surface area contributed by atoms with Crippen LogP contribution >= 0.6 is 11.3 Å². The summed E-state index contributed by atoms with van der Waals surface area (Å²) >= 11 is 1.86. The van der Waals surface area contributed by atoms with Gasteiger partial charge in [0.05, 0.1) is 5.69 Å². The molecule has 17 heavy (non-hydrogen) atoms. The van der Waals surface area contributed by atoms with E-state index in [0.29, 0.717) is 0 Å². The second-order valence-electron chi connectivity index (χ2n) is 4.39. The van der Waals surface area contributed by atoms with Crippen LogP contribution in [0.25, 0.3) is 11.3 Å². The molecule has 1 heterocycles. The zero-order valence-corrected chi connectivity index (χ0v) is 10.8. The minimum Gasteiger partial charge on any atom is -0.310 e. The Balaban J connectivity index is 1.83. The highest BCUT2D eigenvalue weighted by Crippen LogP contribution is 2.38. The van der Waals surface area contributed by atoms with E-state index in [2.05, 4.69) is 36.5 Å². The average Bonchev–Trinajstić information content (AvgIpc) is 2.86. The van der Waals surface area contributed by atoms with Crippen molar-refractivity contribution in [3.8, 4) is 11.3 Å². The lowest BCUT2D eigenvalue weighted by Crippen LogP contribution is -2.13. The van der Waals surface area contributed by atoms with Crippen LogP contribution < -0.4 is 5.32 Å². The maximum atomic E-state index is 4.76. The number of nitrogens with one attached hydrogen (secondary N) is 1. The number of hydrogen-bond donors (Lipinski definition) is 1. The van der Waals surface area contributed by atoms with Gasteiger partial charge in [-0.2, -0.15) is 0 Å². The molecule has 1 N–H and O–H groups in total. The molecule has 0 saturated heterocycles. The summed E-state index contributed by atoms with van der Waals surface area (Å²) in [6.07, 6.45) is 2.24. The van der Waals surface area contributed by atoms with Crippen molar-refractivity contribution in [3.63, 3.8) is 0 Å². The molecular weight excluding hydrogens is 228 g/mol. The van der Waals surface area contributed by atoms with Crippen molar-refractivity contribution >= 4 is 11.3 Å². The number of nitrogens with zero attached hydrogens (tertiary/aromatic N) is 1. The molecule has 0 saturated carbocycles. The van der Waals surface area contributed by atoms with Crippen LogP contribution in [0.3, 0.4) is 0 Å². The van der Waals surface area contributed by atoms with Crippen molar-refractivity contribution in [1.29, 1.82) is 0 Å². The van der Waals surface area contributed by atoms with E-state index in [1.54, 1.807) is 0 Å². The molecule has 0 atom stereocenters. The van der Waals surface area contributed by atoms with Crippen LogP contribution in [0.4, 0.5) is 0 Å². The fraction of sp³-hybridized carbons (Fsp3) is 0.357. The Hall–Kier alpha value is -1.19. The van der Waals surface area contributed by atoms with E-state index in [4.69, 9.17) is 4.98 Å². The molecule has 0 spiro atoms. The topological polar surface area (TPSA) is 24.9 Å². The molecule has 2 aromatic rings. The molecule has 3 rings (SSSR count). The number of thiazole rings is 1. The minimum atomic E-state index is 0.910. The van der Waals surface area contributed by atoms with Gasteiger partial charge in [-0.05, 0) is 18.5 Å². The number of aromatic nitrogens is 1. The lowest BCUT2D eigenvalue weighted by Gasteiger charge is -2.00. The third-order valence-corrected chi connectivity index (χ3v) is 4.12. The predicted octanol–water partition coefficient (Wildman–Crippen LogP) is 3.21. The fourth-order valence-corrected chi connectivity index (χ4v) is 3.33. The first-order valence-corrected chi connectivity index (χ1v) is 6.97. The van der Waals surface area contributed by atoms with Gasteiger partial charge in [-0.25, -0.2) is 4.98 Å². The van der Waals surface area contributed by atoms with Crippen LogP contribution in [0.2, 0.25) is 0 Å². The first kappa shape index (κ1) is 10.9. The lowest BCUT2D eigenvalue weighted by molar-refractivity contribution is 0.673. The number of hydrogen-bond acceptors (Lipinski definition) is 3. The molecule has 0 unspecified atom stereocenters. The summed E-state index contributed by atoms with van der Waals surface area (Å²) in [6, 6.07) is 8.60. The Kier molecular flexibility index (Phi) is 2.95. The Morgan fingerprint density at radius 1 is 1.35 bits per heavy atom. The molecule has 0 aliphatic heterocycles. The van der Waals surface area contributed by atoms with Crippen molar-refractivity contribution in [3.05, 3.63) is 39.7 Å². The van der Waals surface area contributed by atoms with Gasteiger partial charge < -0.3 is 5.32 Å². The molecule has 88 valence electrons. The van der Waals surface area contributed by atoms with Crippen LogP contribution in [-0.4, -0.2) is 11.5 Å². The van der Waals surface area contributed by atoms with E-state index in [-0.39, 0.29) is 0 Å². The SMILES string of the molecule is CCCNCc1nc2c(s1)Cc1ccccc1-2. The second kappa shape index (κ2) is 4.59. The lowest BCUT2D eigenvalue weighted by atomic mass is 10.1. The Bertz CT molecular complexity index is 531. The summed E-state index contributed by atoms with van der Waals surface area (Å²) in [6.45, 7) is 4.17. The van der Waals surface area contributed by atoms with Crippen molar-refractivity contribution in [2.75, 3.05) is 6.54 Å². The minimum absolute atomic E-state index is 0.910. The number of fused-ring (bicyclic) bond motifs is 3. The molecule has 1 aliphatic rings. The summed E-state index contributed by atoms with van der Waals surface area (Å²) in [7, 11) is 0. The maximum absolute atomic E-state index is 4.76. The Morgan fingerprint density at radius 2 is 2.24 bits per heavy atom. The van der Waals surface area contributed by atoms with E-state index >= 15 is 0 Å². The first-order valence-electron chi connectivity index (χ1n) is 6.16. The standard InChI is InChI=1S/C14H16N2S/c1-2-7-15-9-13-16-14-11-6-4-3-5-10(11)8-12(14)17-13/h3-6,15H,2,7-9H2,1H3. The summed E-state index contributed by atoms with van der Waals surface area (Å²) in [5, 5.41) is 4.63. The van der Waals surface area contributed by atoms with Crippen molar-refractivity contribution in [1.82, 2.24) is 10.3 Å². The maximum Gasteiger partial charge on any atom is 0.107 e. The van der Waals surface area contributed by atoms with Gasteiger partial charge in [0, 0.05) is 23.4 Å². The van der Waals surface area contributed by atoms with Crippen LogP contribution in [-0.2, 0) is 13.0 Å². The third kappa shape index (κ3) is 2.01. The zero-order chi connectivity index (χ0) is 11.7. The fourth-order valence-electron chi connectivity index (χ4n) is 2.26. The van der Waals surface area contributed by atoms with Gasteiger partial charge in [0.1, 0.15) is 5.01 Å². The van der Waals surface area contributed by atoms with E-state index in [0.717, 1.165) is 19.5 Å². The molecule has 0 amide bonds. The van der Waals surface area contributed by atoms with Gasteiger partial charge in [0.2, 0.25) is 0 Å². The van der Waals surface area contributed by atoms with Gasteiger partial charge >= 0.3 is 0 Å². The van der Waals surface area contributed by atoms with Gasteiger partial charge in [0.15, 0.2) is 0 Å². The highest BCUT2D eigenvalue weighted by Gasteiger charge is 2.22. The third-order valence-electron chi connectivity index (χ3n) is 3.07. The van der Waals surface area contributed by atoms with Crippen molar-refractivity contribution in [2.24, 2.45) is 0 Å². The highest BCUT2D eigenvalue weighted by atomic mass is 32.1. The molecule has 0 radical (unpaired) electrons. The number of rotatable bonds is 4. The zero-order valence-electron chi connectivity index (χ0n) is 9.99. The summed E-state index contributed by atoms with van der Waals surface area (Å²) < 4.78 is 0.